The first kappa shape index (κ1) is 54.8. The van der Waals surface area contributed by atoms with Gasteiger partial charge in [-0.1, -0.05) is 143 Å². The zero-order chi connectivity index (χ0) is 43.0. The molecule has 330 valence electrons. The number of carbonyl (C=O) groups excluding carboxylic acids is 2. The number of nitrogens with two attached hydrogens (primary N) is 1. The van der Waals surface area contributed by atoms with Crippen LogP contribution in [0.5, 0.6) is 0 Å². The summed E-state index contributed by atoms with van der Waals surface area (Å²) in [6.07, 6.45) is 39.5. The predicted molar refractivity (Wildman–Crippen MR) is 233 cm³/mol. The van der Waals surface area contributed by atoms with Crippen LogP contribution in [0.2, 0.25) is 0 Å². The Hall–Kier alpha value is -3.19. The Morgan fingerprint density at radius 3 is 1.81 bits per heavy atom. The maximum atomic E-state index is 12.6. The molecule has 0 aromatic carbocycles. The highest BCUT2D eigenvalue weighted by atomic mass is 31.2. The Balaban J connectivity index is 4.63. The number of aliphatic hydroxyl groups is 3. The molecule has 0 aliphatic rings. The van der Waals surface area contributed by atoms with Gasteiger partial charge in [-0.15, -0.1) is 0 Å². The molecule has 0 amide bonds. The van der Waals surface area contributed by atoms with Crippen LogP contribution >= 0.6 is 7.82 Å². The molecule has 12 nitrogen and oxygen atoms in total. The third-order valence-corrected chi connectivity index (χ3v) is 9.29. The maximum absolute atomic E-state index is 12.6. The number of hydrogen-bond acceptors (Lipinski definition) is 11. The van der Waals surface area contributed by atoms with E-state index >= 15 is 0 Å². The smallest absolute Gasteiger partial charge is 0.462 e. The van der Waals surface area contributed by atoms with E-state index in [0.717, 1.165) is 51.4 Å². The average Bonchev–Trinajstić information content (AvgIpc) is 3.20. The number of aliphatic hydroxyl groups excluding tert-OH is 3. The van der Waals surface area contributed by atoms with Crippen molar-refractivity contribution in [3.63, 3.8) is 0 Å². The van der Waals surface area contributed by atoms with Crippen molar-refractivity contribution in [2.45, 2.75) is 147 Å². The fourth-order valence-electron chi connectivity index (χ4n) is 5.01. The Kier molecular flexibility index (Phi) is 37.1. The molecule has 1 unspecified atom stereocenters. The summed E-state index contributed by atoms with van der Waals surface area (Å²) in [4.78, 5) is 34.9. The van der Waals surface area contributed by atoms with Crippen LogP contribution in [0, 0.1) is 0 Å². The number of allylic oxidation sites excluding steroid dienone is 14. The van der Waals surface area contributed by atoms with Gasteiger partial charge in [0, 0.05) is 19.4 Å². The van der Waals surface area contributed by atoms with E-state index < -0.39 is 57.4 Å². The molecule has 0 aliphatic heterocycles. The van der Waals surface area contributed by atoms with Crippen LogP contribution in [0.4, 0.5) is 0 Å². The van der Waals surface area contributed by atoms with Gasteiger partial charge < -0.3 is 35.4 Å². The molecule has 0 radical (unpaired) electrons. The van der Waals surface area contributed by atoms with Crippen molar-refractivity contribution in [1.29, 1.82) is 0 Å². The van der Waals surface area contributed by atoms with Crippen LogP contribution in [-0.2, 0) is 32.7 Å². The van der Waals surface area contributed by atoms with Gasteiger partial charge in [0.05, 0.1) is 31.5 Å². The number of esters is 2. The highest BCUT2D eigenvalue weighted by Gasteiger charge is 2.26. The monoisotopic (exact) mass is 835 g/mol. The number of phosphoric acid groups is 1. The lowest BCUT2D eigenvalue weighted by Crippen LogP contribution is -2.30. The summed E-state index contributed by atoms with van der Waals surface area (Å²) in [6.45, 7) is 3.10. The third-order valence-electron chi connectivity index (χ3n) is 8.31. The van der Waals surface area contributed by atoms with E-state index in [2.05, 4.69) is 50.3 Å². The summed E-state index contributed by atoms with van der Waals surface area (Å²) in [5.74, 6) is -1.24. The molecule has 0 saturated carbocycles. The van der Waals surface area contributed by atoms with Gasteiger partial charge in [-0.05, 0) is 64.2 Å². The minimum absolute atomic E-state index is 0.0149. The highest BCUT2D eigenvalue weighted by Crippen LogP contribution is 2.43. The van der Waals surface area contributed by atoms with E-state index in [1.165, 1.54) is 25.3 Å². The molecule has 0 aromatic heterocycles. The summed E-state index contributed by atoms with van der Waals surface area (Å²) < 4.78 is 32.4. The summed E-state index contributed by atoms with van der Waals surface area (Å²) in [5, 5.41) is 30.5. The first-order valence-corrected chi connectivity index (χ1v) is 22.5. The normalized spacial score (nSPS) is 15.9. The number of carbonyl (C=O) groups is 2. The van der Waals surface area contributed by atoms with Crippen molar-refractivity contribution in [1.82, 2.24) is 0 Å². The van der Waals surface area contributed by atoms with Gasteiger partial charge in [0.25, 0.3) is 0 Å². The van der Waals surface area contributed by atoms with E-state index in [1.807, 2.05) is 12.2 Å². The van der Waals surface area contributed by atoms with E-state index in [0.29, 0.717) is 12.8 Å². The summed E-state index contributed by atoms with van der Waals surface area (Å²) in [6, 6.07) is 0. The molecular weight excluding hydrogens is 761 g/mol. The molecule has 58 heavy (non-hydrogen) atoms. The minimum Gasteiger partial charge on any atom is -0.462 e. The lowest BCUT2D eigenvalue weighted by Gasteiger charge is -2.20. The molecule has 13 heteroatoms. The lowest BCUT2D eigenvalue weighted by molar-refractivity contribution is -0.161. The quantitative estimate of drug-likeness (QED) is 0.0132. The minimum atomic E-state index is -4.49. The molecule has 0 heterocycles. The molecule has 0 saturated heterocycles. The molecule has 0 aromatic rings. The van der Waals surface area contributed by atoms with Crippen molar-refractivity contribution in [2.24, 2.45) is 5.73 Å². The molecule has 0 bridgehead atoms. The molecule has 0 aliphatic carbocycles. The lowest BCUT2D eigenvalue weighted by atomic mass is 10.1. The summed E-state index contributed by atoms with van der Waals surface area (Å²) in [5.41, 5.74) is 5.32. The third kappa shape index (κ3) is 37.1. The maximum Gasteiger partial charge on any atom is 0.472 e. The van der Waals surface area contributed by atoms with Crippen molar-refractivity contribution >= 4 is 19.8 Å². The number of rotatable bonds is 37. The zero-order valence-electron chi connectivity index (χ0n) is 35.1. The molecular formula is C45H74NO11P. The second kappa shape index (κ2) is 39.3. The van der Waals surface area contributed by atoms with Gasteiger partial charge in [-0.2, -0.15) is 0 Å². The van der Waals surface area contributed by atoms with E-state index in [9.17, 15) is 34.4 Å². The van der Waals surface area contributed by atoms with Gasteiger partial charge in [0.2, 0.25) is 0 Å². The zero-order valence-corrected chi connectivity index (χ0v) is 36.0. The van der Waals surface area contributed by atoms with Gasteiger partial charge in [-0.25, -0.2) is 4.57 Å². The largest absolute Gasteiger partial charge is 0.472 e. The SMILES string of the molecule is CCCCC/C=C\C/C=C\C/C=C\C/C=C\CCCC(=O)OC[C@H](COP(=O)(O)OCCN)OC(=O)CCC[C@H](O)[C@@H](O)/C=C/C=C/C=C\C=C\[C@@H](O)CCCCC. The van der Waals surface area contributed by atoms with E-state index in [-0.39, 0.29) is 38.8 Å². The fourth-order valence-corrected chi connectivity index (χ4v) is 5.77. The number of hydrogen-bond donors (Lipinski definition) is 5. The Morgan fingerprint density at radius 1 is 0.638 bits per heavy atom. The van der Waals surface area contributed by atoms with E-state index in [1.54, 1.807) is 42.5 Å². The summed E-state index contributed by atoms with van der Waals surface area (Å²) >= 11 is 0. The van der Waals surface area contributed by atoms with Crippen molar-refractivity contribution in [3.05, 3.63) is 97.2 Å². The first-order valence-electron chi connectivity index (χ1n) is 21.0. The van der Waals surface area contributed by atoms with Crippen LogP contribution in [0.15, 0.2) is 97.2 Å². The number of ether oxygens (including phenoxy) is 2. The van der Waals surface area contributed by atoms with Crippen LogP contribution in [0.1, 0.15) is 123 Å². The average molecular weight is 836 g/mol. The Bertz CT molecular complexity index is 1320. The molecule has 0 spiro atoms. The highest BCUT2D eigenvalue weighted by molar-refractivity contribution is 7.47. The standard InChI is InChI=1S/C45H74NO11P/c1-3-5-7-8-9-10-11-12-13-14-15-16-17-18-19-24-28-34-44(50)54-38-41(39-56-58(52,53)55-37-36-46)57-45(51)35-29-33-43(49)42(48)32-27-23-21-20-22-26-31-40(47)30-25-6-4-2/h9-10,12-13,15-16,18-23,26-27,31-32,40-43,47-49H,3-8,11,14,17,24-25,28-30,33-39,46H2,1-2H3,(H,52,53)/b10-9-,13-12-,16-15-,19-18-,22-20-,23-21+,31-26+,32-27+/t40-,41+,42-,43-/m0/s1. The summed E-state index contributed by atoms with van der Waals surface area (Å²) in [7, 11) is -4.49. The second-order valence-electron chi connectivity index (χ2n) is 13.7. The molecule has 6 N–H and O–H groups in total. The van der Waals surface area contributed by atoms with Crippen LogP contribution < -0.4 is 5.73 Å². The van der Waals surface area contributed by atoms with Crippen molar-refractivity contribution in [3.8, 4) is 0 Å². The topological polar surface area (TPSA) is 195 Å². The molecule has 0 fully saturated rings. The van der Waals surface area contributed by atoms with E-state index in [4.69, 9.17) is 24.3 Å². The predicted octanol–water partition coefficient (Wildman–Crippen LogP) is 8.74. The van der Waals surface area contributed by atoms with Gasteiger partial charge in [0.15, 0.2) is 6.10 Å². The van der Waals surface area contributed by atoms with Crippen molar-refractivity contribution in [2.75, 3.05) is 26.4 Å². The first-order chi connectivity index (χ1) is 28.0. The number of phosphoric ester groups is 1. The fraction of sp³-hybridized carbons (Fsp3) is 0.600. The van der Waals surface area contributed by atoms with Crippen LogP contribution in [-0.4, -0.2) is 82.9 Å². The Labute approximate surface area is 348 Å². The van der Waals surface area contributed by atoms with Crippen molar-refractivity contribution < 1.29 is 52.9 Å². The Morgan fingerprint density at radius 2 is 1.19 bits per heavy atom. The second-order valence-corrected chi connectivity index (χ2v) is 15.2. The number of unbranched alkanes of at least 4 members (excludes halogenated alkanes) is 6. The van der Waals surface area contributed by atoms with Crippen LogP contribution in [0.25, 0.3) is 0 Å². The molecule has 5 atom stereocenters. The van der Waals surface area contributed by atoms with Gasteiger partial charge >= 0.3 is 19.8 Å². The van der Waals surface area contributed by atoms with Gasteiger partial charge in [-0.3, -0.25) is 18.6 Å². The molecule has 0 rings (SSSR count). The van der Waals surface area contributed by atoms with Crippen LogP contribution in [0.3, 0.4) is 0 Å². The van der Waals surface area contributed by atoms with Gasteiger partial charge in [0.1, 0.15) is 6.61 Å².